The minimum atomic E-state index is -0.889. The molecule has 0 radical (unpaired) electrons. The summed E-state index contributed by atoms with van der Waals surface area (Å²) in [6.07, 6.45) is 5.13. The number of carbonyl (C=O) groups is 1. The van der Waals surface area contributed by atoms with Crippen LogP contribution in [0.2, 0.25) is 0 Å². The summed E-state index contributed by atoms with van der Waals surface area (Å²) >= 11 is 1.25. The highest BCUT2D eigenvalue weighted by Crippen LogP contribution is 2.28. The maximum atomic E-state index is 11.0. The molecule has 1 aliphatic rings. The zero-order valence-corrected chi connectivity index (χ0v) is 10.1. The van der Waals surface area contributed by atoms with Crippen molar-refractivity contribution >= 4 is 22.5 Å². The first kappa shape index (κ1) is 11.4. The van der Waals surface area contributed by atoms with Crippen LogP contribution < -0.4 is 5.32 Å². The van der Waals surface area contributed by atoms with Gasteiger partial charge in [-0.1, -0.05) is 12.8 Å². The van der Waals surface area contributed by atoms with Crippen molar-refractivity contribution in [2.45, 2.75) is 32.6 Å². The van der Waals surface area contributed by atoms with Crippen molar-refractivity contribution in [3.05, 3.63) is 11.3 Å². The van der Waals surface area contributed by atoms with E-state index in [1.807, 2.05) is 0 Å². The molecule has 4 nitrogen and oxygen atoms in total. The monoisotopic (exact) mass is 240 g/mol. The molecule has 88 valence electrons. The number of anilines is 1. The molecule has 0 saturated heterocycles. The average molecular weight is 240 g/mol. The minimum Gasteiger partial charge on any atom is -0.478 e. The van der Waals surface area contributed by atoms with Crippen LogP contribution in [0.1, 0.15) is 41.7 Å². The van der Waals surface area contributed by atoms with E-state index in [1.165, 1.54) is 37.2 Å². The van der Waals surface area contributed by atoms with Gasteiger partial charge in [-0.15, -0.1) is 0 Å². The third-order valence-electron chi connectivity index (χ3n) is 3.10. The molecule has 2 N–H and O–H groups in total. The number of carboxylic acids is 1. The van der Waals surface area contributed by atoms with Crippen molar-refractivity contribution in [1.29, 1.82) is 0 Å². The number of aryl methyl sites for hydroxylation is 1. The number of aromatic carboxylic acids is 1. The molecule has 0 aliphatic heterocycles. The van der Waals surface area contributed by atoms with Crippen molar-refractivity contribution in [3.8, 4) is 0 Å². The second-order valence-electron chi connectivity index (χ2n) is 4.31. The Hall–Kier alpha value is -1.10. The van der Waals surface area contributed by atoms with Gasteiger partial charge < -0.3 is 10.4 Å². The third-order valence-corrected chi connectivity index (χ3v) is 4.00. The topological polar surface area (TPSA) is 62.2 Å². The molecule has 0 bridgehead atoms. The molecule has 0 spiro atoms. The molecule has 1 heterocycles. The van der Waals surface area contributed by atoms with Gasteiger partial charge in [0.25, 0.3) is 0 Å². The van der Waals surface area contributed by atoms with Gasteiger partial charge in [-0.3, -0.25) is 0 Å². The summed E-state index contributed by atoms with van der Waals surface area (Å²) in [5.74, 6) is -0.191. The molecule has 1 aliphatic carbocycles. The Labute approximate surface area is 98.9 Å². The molecule has 5 heteroatoms. The van der Waals surface area contributed by atoms with Crippen molar-refractivity contribution in [1.82, 2.24) is 4.37 Å². The van der Waals surface area contributed by atoms with Crippen molar-refractivity contribution in [2.24, 2.45) is 5.92 Å². The van der Waals surface area contributed by atoms with Crippen molar-refractivity contribution in [2.75, 3.05) is 11.9 Å². The number of hydrogen-bond acceptors (Lipinski definition) is 4. The quantitative estimate of drug-likeness (QED) is 0.849. The van der Waals surface area contributed by atoms with Crippen LogP contribution in [0.15, 0.2) is 0 Å². The summed E-state index contributed by atoms with van der Waals surface area (Å²) < 4.78 is 4.08. The third kappa shape index (κ3) is 2.35. The number of aromatic nitrogens is 1. The lowest BCUT2D eigenvalue weighted by Gasteiger charge is -2.10. The number of carboxylic acid groups (broad SMARTS) is 1. The average Bonchev–Trinajstić information content (AvgIpc) is 2.83. The maximum absolute atomic E-state index is 11.0. The lowest BCUT2D eigenvalue weighted by Crippen LogP contribution is -2.12. The van der Waals surface area contributed by atoms with Crippen LogP contribution >= 0.6 is 11.5 Å². The van der Waals surface area contributed by atoms with Crippen LogP contribution in [-0.2, 0) is 0 Å². The Bertz CT molecular complexity index is 383. The normalized spacial score (nSPS) is 16.6. The number of hydrogen-bond donors (Lipinski definition) is 2. The Balaban J connectivity index is 2.00. The second kappa shape index (κ2) is 4.82. The van der Waals surface area contributed by atoms with Crippen molar-refractivity contribution < 1.29 is 9.90 Å². The van der Waals surface area contributed by atoms with E-state index in [-0.39, 0.29) is 0 Å². The fraction of sp³-hybridized carbons (Fsp3) is 0.636. The van der Waals surface area contributed by atoms with E-state index < -0.39 is 5.97 Å². The Morgan fingerprint density at radius 3 is 2.88 bits per heavy atom. The number of rotatable bonds is 4. The summed E-state index contributed by atoms with van der Waals surface area (Å²) in [6, 6.07) is 0. The summed E-state index contributed by atoms with van der Waals surface area (Å²) in [5, 5.41) is 13.0. The van der Waals surface area contributed by atoms with E-state index in [4.69, 9.17) is 5.11 Å². The Morgan fingerprint density at radius 1 is 1.56 bits per heavy atom. The Kier molecular flexibility index (Phi) is 3.43. The maximum Gasteiger partial charge on any atom is 0.340 e. The Morgan fingerprint density at radius 2 is 2.25 bits per heavy atom. The molecule has 1 aromatic heterocycles. The van der Waals surface area contributed by atoms with E-state index in [9.17, 15) is 4.79 Å². The minimum absolute atomic E-state index is 0.336. The fourth-order valence-electron chi connectivity index (χ4n) is 2.19. The summed E-state index contributed by atoms with van der Waals surface area (Å²) in [5.41, 5.74) is 0.939. The smallest absolute Gasteiger partial charge is 0.340 e. The molecule has 0 amide bonds. The predicted octanol–water partition coefficient (Wildman–Crippen LogP) is 2.75. The highest BCUT2D eigenvalue weighted by atomic mass is 32.1. The molecule has 1 aromatic rings. The van der Waals surface area contributed by atoms with E-state index in [1.54, 1.807) is 6.92 Å². The molecule has 0 atom stereocenters. The first-order valence-corrected chi connectivity index (χ1v) is 6.39. The first-order chi connectivity index (χ1) is 7.68. The second-order valence-corrected chi connectivity index (χ2v) is 5.08. The summed E-state index contributed by atoms with van der Waals surface area (Å²) in [7, 11) is 0. The summed E-state index contributed by atoms with van der Waals surface area (Å²) in [6.45, 7) is 2.61. The van der Waals surface area contributed by atoms with Crippen LogP contribution in [0.5, 0.6) is 0 Å². The predicted molar refractivity (Wildman–Crippen MR) is 64.3 cm³/mol. The van der Waals surface area contributed by atoms with E-state index in [0.717, 1.165) is 6.54 Å². The fourth-order valence-corrected chi connectivity index (χ4v) is 2.99. The van der Waals surface area contributed by atoms with Gasteiger partial charge in [0.2, 0.25) is 0 Å². The molecule has 0 aromatic carbocycles. The molecule has 0 unspecified atom stereocenters. The zero-order chi connectivity index (χ0) is 11.5. The highest BCUT2D eigenvalue weighted by molar-refractivity contribution is 7.10. The van der Waals surface area contributed by atoms with E-state index >= 15 is 0 Å². The molecule has 2 rings (SSSR count). The largest absolute Gasteiger partial charge is 0.478 e. The van der Waals surface area contributed by atoms with Crippen LogP contribution in [-0.4, -0.2) is 22.0 Å². The highest BCUT2D eigenvalue weighted by Gasteiger charge is 2.19. The van der Waals surface area contributed by atoms with Crippen LogP contribution in [0, 0.1) is 12.8 Å². The van der Waals surface area contributed by atoms with Gasteiger partial charge in [0.05, 0.1) is 5.69 Å². The number of nitrogens with zero attached hydrogens (tertiary/aromatic N) is 1. The lowest BCUT2D eigenvalue weighted by atomic mass is 10.1. The van der Waals surface area contributed by atoms with Crippen LogP contribution in [0.3, 0.4) is 0 Å². The number of nitrogens with one attached hydrogen (secondary N) is 1. The van der Waals surface area contributed by atoms with Gasteiger partial charge in [-0.05, 0) is 37.2 Å². The van der Waals surface area contributed by atoms with Gasteiger partial charge in [-0.2, -0.15) is 4.37 Å². The first-order valence-electron chi connectivity index (χ1n) is 5.62. The van der Waals surface area contributed by atoms with Crippen LogP contribution in [0.25, 0.3) is 0 Å². The molecule has 16 heavy (non-hydrogen) atoms. The molecule has 1 saturated carbocycles. The molecule has 1 fully saturated rings. The molecular formula is C11H16N2O2S. The van der Waals surface area contributed by atoms with Gasteiger partial charge in [0, 0.05) is 6.54 Å². The SMILES string of the molecule is Cc1nsc(NCC2CCCC2)c1C(=O)O. The van der Waals surface area contributed by atoms with Gasteiger partial charge in [-0.25, -0.2) is 4.79 Å². The van der Waals surface area contributed by atoms with Gasteiger partial charge in [0.15, 0.2) is 0 Å². The van der Waals surface area contributed by atoms with E-state index in [0.29, 0.717) is 22.2 Å². The van der Waals surface area contributed by atoms with Gasteiger partial charge in [0.1, 0.15) is 10.6 Å². The van der Waals surface area contributed by atoms with Crippen molar-refractivity contribution in [3.63, 3.8) is 0 Å². The lowest BCUT2D eigenvalue weighted by molar-refractivity contribution is 0.0697. The molecular weight excluding hydrogens is 224 g/mol. The zero-order valence-electron chi connectivity index (χ0n) is 9.32. The summed E-state index contributed by atoms with van der Waals surface area (Å²) in [4.78, 5) is 11.0. The standard InChI is InChI=1S/C11H16N2O2S/c1-7-9(11(14)15)10(16-13-7)12-6-8-4-2-3-5-8/h8,12H,2-6H2,1H3,(H,14,15). The van der Waals surface area contributed by atoms with E-state index in [2.05, 4.69) is 9.69 Å². The van der Waals surface area contributed by atoms with Gasteiger partial charge >= 0.3 is 5.97 Å². The van der Waals surface area contributed by atoms with Crippen LogP contribution in [0.4, 0.5) is 5.00 Å².